The lowest BCUT2D eigenvalue weighted by molar-refractivity contribution is 0.0726. The Morgan fingerprint density at radius 1 is 0.710 bits per heavy atom. The molecule has 0 atom stereocenters. The molecule has 0 amide bonds. The summed E-state index contributed by atoms with van der Waals surface area (Å²) in [7, 11) is 3.07. The molecule has 31 heavy (non-hydrogen) atoms. The third-order valence-corrected chi connectivity index (χ3v) is 5.00. The Morgan fingerprint density at radius 3 is 2.29 bits per heavy atom. The largest absolute Gasteiger partial charge is 0.496 e. The number of fused-ring (bicyclic) bond motifs is 1. The minimum atomic E-state index is -0.505. The van der Waals surface area contributed by atoms with Crippen LogP contribution >= 0.6 is 0 Å². The Bertz CT molecular complexity index is 1250. The van der Waals surface area contributed by atoms with Gasteiger partial charge in [-0.05, 0) is 46.2 Å². The van der Waals surface area contributed by atoms with E-state index >= 15 is 0 Å². The summed E-state index contributed by atoms with van der Waals surface area (Å²) < 4.78 is 16.3. The normalized spacial score (nSPS) is 10.9. The van der Waals surface area contributed by atoms with Crippen LogP contribution in [-0.2, 0) is 0 Å². The summed E-state index contributed by atoms with van der Waals surface area (Å²) in [6.45, 7) is 0. The summed E-state index contributed by atoms with van der Waals surface area (Å²) in [4.78, 5) is 12.6. The van der Waals surface area contributed by atoms with Gasteiger partial charge in [0.15, 0.2) is 11.5 Å². The summed E-state index contributed by atoms with van der Waals surface area (Å²) in [5.74, 6) is 0.778. The number of rotatable bonds is 6. The number of para-hydroxylation sites is 1. The van der Waals surface area contributed by atoms with E-state index < -0.39 is 5.97 Å². The number of hydrogen-bond acceptors (Lipinski definition) is 4. The molecule has 154 valence electrons. The van der Waals surface area contributed by atoms with Crippen LogP contribution in [0.1, 0.15) is 21.5 Å². The lowest BCUT2D eigenvalue weighted by atomic mass is 10.0. The number of benzene rings is 4. The van der Waals surface area contributed by atoms with Crippen LogP contribution in [0.2, 0.25) is 0 Å². The van der Waals surface area contributed by atoms with Gasteiger partial charge in [-0.25, -0.2) is 4.79 Å². The van der Waals surface area contributed by atoms with E-state index in [0.29, 0.717) is 22.8 Å². The van der Waals surface area contributed by atoms with Crippen molar-refractivity contribution in [2.24, 2.45) is 0 Å². The third-order valence-electron chi connectivity index (χ3n) is 5.00. The maximum absolute atomic E-state index is 12.6. The van der Waals surface area contributed by atoms with Crippen molar-refractivity contribution < 1.29 is 19.0 Å². The molecule has 4 heteroatoms. The van der Waals surface area contributed by atoms with Crippen molar-refractivity contribution in [3.63, 3.8) is 0 Å². The first kappa shape index (κ1) is 20.2. The lowest BCUT2D eigenvalue weighted by Crippen LogP contribution is -2.10. The van der Waals surface area contributed by atoms with E-state index in [9.17, 15) is 4.79 Å². The average molecular weight is 410 g/mol. The van der Waals surface area contributed by atoms with E-state index in [4.69, 9.17) is 14.2 Å². The highest BCUT2D eigenvalue weighted by molar-refractivity contribution is 5.95. The predicted molar refractivity (Wildman–Crippen MR) is 124 cm³/mol. The molecular weight excluding hydrogens is 388 g/mol. The van der Waals surface area contributed by atoms with Crippen LogP contribution in [0.5, 0.6) is 17.2 Å². The number of hydrogen-bond donors (Lipinski definition) is 0. The molecule has 0 unspecified atom stereocenters. The second-order valence-corrected chi connectivity index (χ2v) is 6.90. The Kier molecular flexibility index (Phi) is 5.99. The van der Waals surface area contributed by atoms with Crippen LogP contribution in [0.4, 0.5) is 0 Å². The Balaban J connectivity index is 1.58. The molecule has 0 spiro atoms. The highest BCUT2D eigenvalue weighted by Crippen LogP contribution is 2.31. The van der Waals surface area contributed by atoms with Gasteiger partial charge >= 0.3 is 5.97 Å². The smallest absolute Gasteiger partial charge is 0.347 e. The van der Waals surface area contributed by atoms with Crippen LogP contribution in [-0.4, -0.2) is 20.2 Å². The Morgan fingerprint density at radius 2 is 1.45 bits per heavy atom. The van der Waals surface area contributed by atoms with Crippen molar-refractivity contribution in [2.45, 2.75) is 0 Å². The van der Waals surface area contributed by atoms with Crippen molar-refractivity contribution in [3.05, 3.63) is 102 Å². The highest BCUT2D eigenvalue weighted by Gasteiger charge is 2.16. The first-order chi connectivity index (χ1) is 15.2. The monoisotopic (exact) mass is 410 g/mol. The van der Waals surface area contributed by atoms with Gasteiger partial charge in [-0.2, -0.15) is 0 Å². The van der Waals surface area contributed by atoms with E-state index in [1.165, 1.54) is 17.9 Å². The SMILES string of the molecule is COc1cc(C=Cc2cccc3ccccc23)ccc1OC(=O)c1ccccc1OC. The topological polar surface area (TPSA) is 44.8 Å². The zero-order valence-electron chi connectivity index (χ0n) is 17.4. The van der Waals surface area contributed by atoms with Gasteiger partial charge in [0.05, 0.1) is 14.2 Å². The van der Waals surface area contributed by atoms with E-state index in [2.05, 4.69) is 30.3 Å². The molecule has 0 aliphatic carbocycles. The summed E-state index contributed by atoms with van der Waals surface area (Å²) >= 11 is 0. The van der Waals surface area contributed by atoms with Crippen molar-refractivity contribution >= 4 is 28.9 Å². The van der Waals surface area contributed by atoms with E-state index in [-0.39, 0.29) is 0 Å². The van der Waals surface area contributed by atoms with Crippen LogP contribution in [0.25, 0.3) is 22.9 Å². The van der Waals surface area contributed by atoms with Crippen LogP contribution < -0.4 is 14.2 Å². The van der Waals surface area contributed by atoms with Gasteiger partial charge in [-0.15, -0.1) is 0 Å². The molecule has 4 rings (SSSR count). The number of carbonyl (C=O) groups is 1. The number of methoxy groups -OCH3 is 2. The minimum absolute atomic E-state index is 0.348. The summed E-state index contributed by atoms with van der Waals surface area (Å²) in [5, 5.41) is 2.39. The minimum Gasteiger partial charge on any atom is -0.496 e. The van der Waals surface area contributed by atoms with Gasteiger partial charge in [-0.1, -0.05) is 72.8 Å². The zero-order chi connectivity index (χ0) is 21.6. The Labute approximate surface area is 181 Å². The highest BCUT2D eigenvalue weighted by atomic mass is 16.6. The van der Waals surface area contributed by atoms with Gasteiger partial charge in [0.25, 0.3) is 0 Å². The van der Waals surface area contributed by atoms with Crippen LogP contribution in [0.3, 0.4) is 0 Å². The van der Waals surface area contributed by atoms with Crippen molar-refractivity contribution in [1.82, 2.24) is 0 Å². The van der Waals surface area contributed by atoms with Gasteiger partial charge in [0.2, 0.25) is 0 Å². The predicted octanol–water partition coefficient (Wildman–Crippen LogP) is 6.25. The molecule has 0 N–H and O–H groups in total. The summed E-state index contributed by atoms with van der Waals surface area (Å²) in [6.07, 6.45) is 4.08. The van der Waals surface area contributed by atoms with Crippen LogP contribution in [0, 0.1) is 0 Å². The fraction of sp³-hybridized carbons (Fsp3) is 0.0741. The summed E-state index contributed by atoms with van der Waals surface area (Å²) in [5.41, 5.74) is 2.41. The molecule has 4 aromatic rings. The molecule has 0 radical (unpaired) electrons. The van der Waals surface area contributed by atoms with Crippen LogP contribution in [0.15, 0.2) is 84.9 Å². The van der Waals surface area contributed by atoms with Gasteiger partial charge in [0.1, 0.15) is 11.3 Å². The van der Waals surface area contributed by atoms with E-state index in [1.54, 1.807) is 37.4 Å². The molecule has 0 fully saturated rings. The maximum atomic E-state index is 12.6. The molecule has 4 nitrogen and oxygen atoms in total. The Hall–Kier alpha value is -4.05. The molecule has 0 heterocycles. The molecule has 0 aromatic heterocycles. The number of ether oxygens (including phenoxy) is 3. The van der Waals surface area contributed by atoms with Crippen molar-refractivity contribution in [3.8, 4) is 17.2 Å². The van der Waals surface area contributed by atoms with Crippen molar-refractivity contribution in [2.75, 3.05) is 14.2 Å². The maximum Gasteiger partial charge on any atom is 0.347 e. The lowest BCUT2D eigenvalue weighted by Gasteiger charge is -2.11. The van der Waals surface area contributed by atoms with E-state index in [1.807, 2.05) is 36.4 Å². The molecular formula is C27H22O4. The molecule has 0 saturated heterocycles. The quantitative estimate of drug-likeness (QED) is 0.214. The first-order valence-corrected chi connectivity index (χ1v) is 9.88. The molecule has 0 aliphatic heterocycles. The standard InChI is InChI=1S/C27H22O4/c1-29-24-13-6-5-12-23(24)27(28)31-25-17-15-19(18-26(25)30-2)14-16-21-10-7-9-20-8-3-4-11-22(20)21/h3-18H,1-2H3. The summed E-state index contributed by atoms with van der Waals surface area (Å²) in [6, 6.07) is 26.9. The van der Waals surface area contributed by atoms with Gasteiger partial charge < -0.3 is 14.2 Å². The zero-order valence-corrected chi connectivity index (χ0v) is 17.4. The van der Waals surface area contributed by atoms with Gasteiger partial charge in [-0.3, -0.25) is 0 Å². The molecule has 4 aromatic carbocycles. The first-order valence-electron chi connectivity index (χ1n) is 9.88. The third kappa shape index (κ3) is 4.43. The number of carbonyl (C=O) groups excluding carboxylic acids is 1. The van der Waals surface area contributed by atoms with Crippen molar-refractivity contribution in [1.29, 1.82) is 0 Å². The second kappa shape index (κ2) is 9.18. The molecule has 0 aliphatic rings. The fourth-order valence-electron chi connectivity index (χ4n) is 3.42. The molecule has 0 saturated carbocycles. The average Bonchev–Trinajstić information content (AvgIpc) is 2.83. The second-order valence-electron chi connectivity index (χ2n) is 6.90. The van der Waals surface area contributed by atoms with E-state index in [0.717, 1.165) is 11.1 Å². The number of esters is 1. The fourth-order valence-corrected chi connectivity index (χ4v) is 3.42. The molecule has 0 bridgehead atoms. The van der Waals surface area contributed by atoms with Gasteiger partial charge in [0, 0.05) is 0 Å².